The second-order valence-corrected chi connectivity index (χ2v) is 7.65. The number of benzene rings is 2. The van der Waals surface area contributed by atoms with Crippen LogP contribution in [0.25, 0.3) is 16.8 Å². The maximum absolute atomic E-state index is 12.3. The predicted octanol–water partition coefficient (Wildman–Crippen LogP) is 5.09. The van der Waals surface area contributed by atoms with Gasteiger partial charge in [-0.05, 0) is 25.1 Å². The monoisotopic (exact) mass is 408 g/mol. The number of rotatable bonds is 5. The first kappa shape index (κ1) is 18.5. The summed E-state index contributed by atoms with van der Waals surface area (Å²) in [4.78, 5) is 16.7. The van der Waals surface area contributed by atoms with Crippen LogP contribution < -0.4 is 5.32 Å². The van der Waals surface area contributed by atoms with Gasteiger partial charge in [0.15, 0.2) is 0 Å². The molecule has 0 aliphatic heterocycles. The van der Waals surface area contributed by atoms with Crippen LogP contribution in [0.2, 0.25) is 5.02 Å². The molecule has 4 rings (SSSR count). The molecule has 2 aromatic carbocycles. The van der Waals surface area contributed by atoms with E-state index in [1.807, 2.05) is 30.3 Å². The highest BCUT2D eigenvalue weighted by molar-refractivity contribution is 8.00. The Labute approximate surface area is 171 Å². The number of aryl methyl sites for hydroxylation is 1. The van der Waals surface area contributed by atoms with Gasteiger partial charge in [0.05, 0.1) is 27.7 Å². The fourth-order valence-electron chi connectivity index (χ4n) is 2.76. The number of amides is 1. The standard InChI is InChI=1S/C21H17ClN4OS/c1-14-6-8-15(9-7-14)18-12-19-21(23-10-11-26(19)25-18)28-13-20(27)24-17-5-3-2-4-16(17)22/h2-12H,13H2,1H3,(H,24,27). The van der Waals surface area contributed by atoms with Gasteiger partial charge in [-0.25, -0.2) is 9.50 Å². The molecule has 0 bridgehead atoms. The largest absolute Gasteiger partial charge is 0.324 e. The van der Waals surface area contributed by atoms with Gasteiger partial charge < -0.3 is 5.32 Å². The van der Waals surface area contributed by atoms with E-state index in [9.17, 15) is 4.79 Å². The summed E-state index contributed by atoms with van der Waals surface area (Å²) in [6.45, 7) is 2.06. The van der Waals surface area contributed by atoms with Gasteiger partial charge in [-0.15, -0.1) is 0 Å². The molecular weight excluding hydrogens is 392 g/mol. The molecule has 0 saturated heterocycles. The van der Waals surface area contributed by atoms with Crippen molar-refractivity contribution in [3.05, 3.63) is 77.6 Å². The van der Waals surface area contributed by atoms with E-state index in [2.05, 4.69) is 34.5 Å². The van der Waals surface area contributed by atoms with E-state index in [1.54, 1.807) is 29.0 Å². The summed E-state index contributed by atoms with van der Waals surface area (Å²) in [6, 6.07) is 17.4. The summed E-state index contributed by atoms with van der Waals surface area (Å²) < 4.78 is 1.79. The van der Waals surface area contributed by atoms with Crippen molar-refractivity contribution in [3.8, 4) is 11.3 Å². The van der Waals surface area contributed by atoms with Crippen LogP contribution in [0.1, 0.15) is 5.56 Å². The van der Waals surface area contributed by atoms with Gasteiger partial charge in [0.1, 0.15) is 5.03 Å². The van der Waals surface area contributed by atoms with E-state index in [0.717, 1.165) is 21.8 Å². The second-order valence-electron chi connectivity index (χ2n) is 6.27. The Morgan fingerprint density at radius 1 is 1.18 bits per heavy atom. The van der Waals surface area contributed by atoms with Crippen LogP contribution in [0.3, 0.4) is 0 Å². The van der Waals surface area contributed by atoms with Crippen molar-refractivity contribution in [2.24, 2.45) is 0 Å². The fraction of sp³-hybridized carbons (Fsp3) is 0.0952. The van der Waals surface area contributed by atoms with Crippen LogP contribution >= 0.6 is 23.4 Å². The summed E-state index contributed by atoms with van der Waals surface area (Å²) in [7, 11) is 0. The third-order valence-electron chi connectivity index (χ3n) is 4.19. The molecule has 0 saturated carbocycles. The second kappa shape index (κ2) is 8.04. The predicted molar refractivity (Wildman–Crippen MR) is 114 cm³/mol. The number of thioether (sulfide) groups is 1. The molecule has 0 unspecified atom stereocenters. The number of hydrogen-bond acceptors (Lipinski definition) is 4. The zero-order valence-corrected chi connectivity index (χ0v) is 16.7. The number of aromatic nitrogens is 3. The zero-order valence-electron chi connectivity index (χ0n) is 15.1. The number of hydrogen-bond donors (Lipinski definition) is 1. The quantitative estimate of drug-likeness (QED) is 0.467. The van der Waals surface area contributed by atoms with Gasteiger partial charge >= 0.3 is 0 Å². The van der Waals surface area contributed by atoms with E-state index in [4.69, 9.17) is 11.6 Å². The number of nitrogens with zero attached hydrogens (tertiary/aromatic N) is 3. The van der Waals surface area contributed by atoms with Crippen LogP contribution in [-0.4, -0.2) is 26.3 Å². The van der Waals surface area contributed by atoms with Crippen LogP contribution in [0.4, 0.5) is 5.69 Å². The molecular formula is C21H17ClN4OS. The van der Waals surface area contributed by atoms with Crippen molar-refractivity contribution in [2.45, 2.75) is 11.9 Å². The Hall–Kier alpha value is -2.83. The molecule has 0 fully saturated rings. The summed E-state index contributed by atoms with van der Waals surface area (Å²) in [6.07, 6.45) is 3.49. The highest BCUT2D eigenvalue weighted by Gasteiger charge is 2.12. The van der Waals surface area contributed by atoms with E-state index < -0.39 is 0 Å². The lowest BCUT2D eigenvalue weighted by atomic mass is 10.1. The number of para-hydroxylation sites is 1. The summed E-state index contributed by atoms with van der Waals surface area (Å²) >= 11 is 7.46. The molecule has 140 valence electrons. The Kier molecular flexibility index (Phi) is 5.32. The van der Waals surface area contributed by atoms with Crippen LogP contribution in [-0.2, 0) is 4.79 Å². The molecule has 1 amide bonds. The van der Waals surface area contributed by atoms with Gasteiger partial charge in [0.25, 0.3) is 0 Å². The van der Waals surface area contributed by atoms with Crippen molar-refractivity contribution in [1.29, 1.82) is 0 Å². The number of fused-ring (bicyclic) bond motifs is 1. The van der Waals surface area contributed by atoms with Gasteiger partial charge in [0.2, 0.25) is 5.91 Å². The SMILES string of the molecule is Cc1ccc(-c2cc3c(SCC(=O)Nc4ccccc4Cl)nccn3n2)cc1. The van der Waals surface area contributed by atoms with E-state index in [1.165, 1.54) is 17.3 Å². The summed E-state index contributed by atoms with van der Waals surface area (Å²) in [5, 5.41) is 8.71. The van der Waals surface area contributed by atoms with E-state index in [-0.39, 0.29) is 11.7 Å². The van der Waals surface area contributed by atoms with Gasteiger partial charge in [-0.2, -0.15) is 5.10 Å². The smallest absolute Gasteiger partial charge is 0.234 e. The number of carbonyl (C=O) groups is 1. The van der Waals surface area contributed by atoms with Crippen LogP contribution in [0.15, 0.2) is 72.0 Å². The summed E-state index contributed by atoms with van der Waals surface area (Å²) in [5.41, 5.74) is 4.59. The average Bonchev–Trinajstić information content (AvgIpc) is 3.13. The van der Waals surface area contributed by atoms with Crippen molar-refractivity contribution in [3.63, 3.8) is 0 Å². The molecule has 2 heterocycles. The Balaban J connectivity index is 1.51. The lowest BCUT2D eigenvalue weighted by molar-refractivity contribution is -0.113. The number of nitrogens with one attached hydrogen (secondary N) is 1. The molecule has 4 aromatic rings. The first-order valence-electron chi connectivity index (χ1n) is 8.69. The molecule has 2 aromatic heterocycles. The first-order valence-corrected chi connectivity index (χ1v) is 10.0. The molecule has 5 nitrogen and oxygen atoms in total. The highest BCUT2D eigenvalue weighted by Crippen LogP contribution is 2.27. The minimum atomic E-state index is -0.139. The zero-order chi connectivity index (χ0) is 19.5. The number of anilines is 1. The van der Waals surface area contributed by atoms with Crippen LogP contribution in [0, 0.1) is 6.92 Å². The van der Waals surface area contributed by atoms with Crippen LogP contribution in [0.5, 0.6) is 0 Å². The lowest BCUT2D eigenvalue weighted by Crippen LogP contribution is -2.14. The number of halogens is 1. The van der Waals surface area contributed by atoms with Crippen molar-refractivity contribution >= 4 is 40.5 Å². The maximum atomic E-state index is 12.3. The van der Waals surface area contributed by atoms with Crippen molar-refractivity contribution < 1.29 is 4.79 Å². The van der Waals surface area contributed by atoms with Crippen molar-refractivity contribution in [2.75, 3.05) is 11.1 Å². The van der Waals surface area contributed by atoms with Gasteiger partial charge in [0, 0.05) is 18.0 Å². The first-order chi connectivity index (χ1) is 13.6. The Morgan fingerprint density at radius 3 is 2.75 bits per heavy atom. The molecule has 1 N–H and O–H groups in total. The summed E-state index contributed by atoms with van der Waals surface area (Å²) in [5.74, 6) is 0.0864. The normalized spacial score (nSPS) is 10.9. The topological polar surface area (TPSA) is 59.3 Å². The molecule has 0 aliphatic rings. The minimum Gasteiger partial charge on any atom is -0.324 e. The highest BCUT2D eigenvalue weighted by atomic mass is 35.5. The number of carbonyl (C=O) groups excluding carboxylic acids is 1. The molecule has 28 heavy (non-hydrogen) atoms. The molecule has 0 atom stereocenters. The van der Waals surface area contributed by atoms with E-state index >= 15 is 0 Å². The van der Waals surface area contributed by atoms with Gasteiger partial charge in [-0.3, -0.25) is 4.79 Å². The molecule has 0 radical (unpaired) electrons. The fourth-order valence-corrected chi connectivity index (χ4v) is 3.72. The third kappa shape index (κ3) is 4.03. The average molecular weight is 409 g/mol. The Morgan fingerprint density at radius 2 is 1.96 bits per heavy atom. The van der Waals surface area contributed by atoms with Gasteiger partial charge in [-0.1, -0.05) is 65.3 Å². The Bertz CT molecular complexity index is 1140. The third-order valence-corrected chi connectivity index (χ3v) is 5.51. The molecule has 0 aliphatic carbocycles. The molecule has 0 spiro atoms. The lowest BCUT2D eigenvalue weighted by Gasteiger charge is -2.07. The van der Waals surface area contributed by atoms with E-state index in [0.29, 0.717) is 10.7 Å². The molecule has 7 heteroatoms. The minimum absolute atomic E-state index is 0.139. The van der Waals surface area contributed by atoms with Crippen molar-refractivity contribution in [1.82, 2.24) is 14.6 Å². The maximum Gasteiger partial charge on any atom is 0.234 e.